The maximum absolute atomic E-state index is 6.55. The molecule has 1 atom stereocenters. The summed E-state index contributed by atoms with van der Waals surface area (Å²) in [5.41, 5.74) is 5.25. The molecule has 0 bridgehead atoms. The summed E-state index contributed by atoms with van der Waals surface area (Å²) in [7, 11) is 0. The van der Waals surface area contributed by atoms with Crippen LogP contribution in [0.3, 0.4) is 0 Å². The molecular weight excluding hydrogens is 338 g/mol. The first-order chi connectivity index (χ1) is 13.0. The number of aryl methyl sites for hydroxylation is 2. The molecule has 0 amide bonds. The van der Waals surface area contributed by atoms with Crippen LogP contribution in [-0.4, -0.2) is 9.78 Å². The first kappa shape index (κ1) is 16.0. The van der Waals surface area contributed by atoms with E-state index in [1.54, 1.807) is 0 Å². The van der Waals surface area contributed by atoms with Gasteiger partial charge in [-0.2, -0.15) is 5.10 Å². The molecule has 0 radical (unpaired) electrons. The highest BCUT2D eigenvalue weighted by molar-refractivity contribution is 5.70. The predicted octanol–water partition coefficient (Wildman–Crippen LogP) is 4.75. The zero-order valence-electron chi connectivity index (χ0n) is 15.8. The van der Waals surface area contributed by atoms with Gasteiger partial charge in [0.1, 0.15) is 17.1 Å². The smallest absolute Gasteiger partial charge is 0.237 e. The standard InChI is InChI=1S/C22H21N3O2/c1-13-10-11-18-20(15(13)3)27-22(23-18)12-14(2)26-21-19(22)16(4)24-25(21)17-8-6-5-7-9-17/h5-12,23H,1-4H3/t22-/m1/s1. The minimum absolute atomic E-state index is 0.688. The number of para-hydroxylation sites is 1. The Morgan fingerprint density at radius 3 is 2.56 bits per heavy atom. The zero-order valence-corrected chi connectivity index (χ0v) is 15.8. The quantitative estimate of drug-likeness (QED) is 0.681. The van der Waals surface area contributed by atoms with Gasteiger partial charge in [-0.15, -0.1) is 0 Å². The van der Waals surface area contributed by atoms with Crippen molar-refractivity contribution in [3.8, 4) is 17.3 Å². The molecule has 5 rings (SSSR count). The van der Waals surface area contributed by atoms with Gasteiger partial charge in [0.15, 0.2) is 0 Å². The summed E-state index contributed by atoms with van der Waals surface area (Å²) >= 11 is 0. The topological polar surface area (TPSA) is 48.3 Å². The SMILES string of the molecule is CC1=C[C@]2(Nc3ccc(C)c(C)c3O2)c2c(C)nn(-c3ccccc3)c2O1. The van der Waals surface area contributed by atoms with Crippen LogP contribution in [0.2, 0.25) is 0 Å². The number of fused-ring (bicyclic) bond motifs is 3. The van der Waals surface area contributed by atoms with Gasteiger partial charge in [0.2, 0.25) is 11.6 Å². The van der Waals surface area contributed by atoms with Crippen molar-refractivity contribution < 1.29 is 9.47 Å². The average molecular weight is 359 g/mol. The summed E-state index contributed by atoms with van der Waals surface area (Å²) in [5.74, 6) is 2.35. The van der Waals surface area contributed by atoms with Gasteiger partial charge in [-0.05, 0) is 57.0 Å². The number of nitrogens with one attached hydrogen (secondary N) is 1. The van der Waals surface area contributed by atoms with E-state index in [2.05, 4.69) is 31.3 Å². The largest absolute Gasteiger partial charge is 0.457 e. The van der Waals surface area contributed by atoms with Crippen molar-refractivity contribution >= 4 is 5.69 Å². The molecule has 5 heteroatoms. The fourth-order valence-corrected chi connectivity index (χ4v) is 3.90. The third-order valence-electron chi connectivity index (χ3n) is 5.31. The molecule has 0 fully saturated rings. The lowest BCUT2D eigenvalue weighted by molar-refractivity contribution is 0.152. The molecule has 136 valence electrons. The minimum atomic E-state index is -0.810. The molecule has 5 nitrogen and oxygen atoms in total. The number of rotatable bonds is 1. The van der Waals surface area contributed by atoms with Gasteiger partial charge in [0.05, 0.1) is 17.1 Å². The molecule has 2 aliphatic heterocycles. The Labute approximate surface area is 158 Å². The molecule has 2 aromatic carbocycles. The van der Waals surface area contributed by atoms with Crippen LogP contribution in [0.25, 0.3) is 5.69 Å². The van der Waals surface area contributed by atoms with E-state index in [1.807, 2.05) is 54.9 Å². The third-order valence-corrected chi connectivity index (χ3v) is 5.31. The van der Waals surface area contributed by atoms with Crippen LogP contribution < -0.4 is 14.8 Å². The summed E-state index contributed by atoms with van der Waals surface area (Å²) in [4.78, 5) is 0. The summed E-state index contributed by atoms with van der Waals surface area (Å²) in [6.45, 7) is 8.11. The van der Waals surface area contributed by atoms with E-state index in [-0.39, 0.29) is 0 Å². The second-order valence-corrected chi connectivity index (χ2v) is 7.22. The van der Waals surface area contributed by atoms with Crippen molar-refractivity contribution in [2.24, 2.45) is 0 Å². The van der Waals surface area contributed by atoms with Crippen molar-refractivity contribution in [1.82, 2.24) is 9.78 Å². The maximum Gasteiger partial charge on any atom is 0.237 e. The average Bonchev–Trinajstić information content (AvgIpc) is 3.18. The fourth-order valence-electron chi connectivity index (χ4n) is 3.90. The summed E-state index contributed by atoms with van der Waals surface area (Å²) in [5, 5.41) is 8.34. The lowest BCUT2D eigenvalue weighted by Crippen LogP contribution is -2.38. The maximum atomic E-state index is 6.55. The molecule has 1 aromatic heterocycles. The van der Waals surface area contributed by atoms with E-state index in [0.717, 1.165) is 39.7 Å². The first-order valence-electron chi connectivity index (χ1n) is 9.09. The highest BCUT2D eigenvalue weighted by Crippen LogP contribution is 2.50. The summed E-state index contributed by atoms with van der Waals surface area (Å²) in [6.07, 6.45) is 1.99. The van der Waals surface area contributed by atoms with Crippen LogP contribution in [0.15, 0.2) is 54.3 Å². The number of allylic oxidation sites excluding steroid dienone is 1. The van der Waals surface area contributed by atoms with Gasteiger partial charge < -0.3 is 14.8 Å². The lowest BCUT2D eigenvalue weighted by atomic mass is 10.0. The van der Waals surface area contributed by atoms with E-state index in [4.69, 9.17) is 14.6 Å². The van der Waals surface area contributed by atoms with E-state index in [1.165, 1.54) is 5.56 Å². The van der Waals surface area contributed by atoms with Gasteiger partial charge in [-0.1, -0.05) is 24.3 Å². The van der Waals surface area contributed by atoms with Gasteiger partial charge in [-0.25, -0.2) is 4.68 Å². The molecule has 27 heavy (non-hydrogen) atoms. The third kappa shape index (κ3) is 2.21. The second kappa shape index (κ2) is 5.39. The number of benzene rings is 2. The first-order valence-corrected chi connectivity index (χ1v) is 9.09. The highest BCUT2D eigenvalue weighted by Gasteiger charge is 2.48. The van der Waals surface area contributed by atoms with Crippen LogP contribution >= 0.6 is 0 Å². The van der Waals surface area contributed by atoms with E-state index < -0.39 is 5.72 Å². The molecule has 2 aliphatic rings. The minimum Gasteiger partial charge on any atom is -0.457 e. The molecule has 1 N–H and O–H groups in total. The van der Waals surface area contributed by atoms with E-state index in [9.17, 15) is 0 Å². The molecule has 0 saturated carbocycles. The number of aromatic nitrogens is 2. The summed E-state index contributed by atoms with van der Waals surface area (Å²) < 4.78 is 14.5. The molecule has 0 aliphatic carbocycles. The van der Waals surface area contributed by atoms with Crippen molar-refractivity contribution in [2.45, 2.75) is 33.4 Å². The van der Waals surface area contributed by atoms with Crippen molar-refractivity contribution in [2.75, 3.05) is 5.32 Å². The Balaban J connectivity index is 1.71. The van der Waals surface area contributed by atoms with Crippen LogP contribution in [0, 0.1) is 20.8 Å². The Hall–Kier alpha value is -3.21. The van der Waals surface area contributed by atoms with Crippen LogP contribution in [0.5, 0.6) is 11.6 Å². The lowest BCUT2D eigenvalue weighted by Gasteiger charge is -2.31. The number of nitrogens with zero attached hydrogens (tertiary/aromatic N) is 2. The van der Waals surface area contributed by atoms with E-state index >= 15 is 0 Å². The van der Waals surface area contributed by atoms with Gasteiger partial charge in [0, 0.05) is 6.08 Å². The highest BCUT2D eigenvalue weighted by atomic mass is 16.5. The van der Waals surface area contributed by atoms with Crippen LogP contribution in [0.4, 0.5) is 5.69 Å². The van der Waals surface area contributed by atoms with Crippen molar-refractivity contribution in [1.29, 1.82) is 0 Å². The number of hydrogen-bond donors (Lipinski definition) is 1. The van der Waals surface area contributed by atoms with Crippen LogP contribution in [-0.2, 0) is 5.72 Å². The molecule has 3 heterocycles. The molecule has 3 aromatic rings. The Kier molecular flexibility index (Phi) is 3.20. The zero-order chi connectivity index (χ0) is 18.8. The van der Waals surface area contributed by atoms with Gasteiger partial charge >= 0.3 is 0 Å². The van der Waals surface area contributed by atoms with E-state index in [0.29, 0.717) is 5.88 Å². The Morgan fingerprint density at radius 1 is 1.00 bits per heavy atom. The van der Waals surface area contributed by atoms with Gasteiger partial charge in [0.25, 0.3) is 0 Å². The molecule has 0 unspecified atom stereocenters. The fraction of sp³-hybridized carbons (Fsp3) is 0.227. The second-order valence-electron chi connectivity index (χ2n) is 7.22. The Morgan fingerprint density at radius 2 is 1.78 bits per heavy atom. The van der Waals surface area contributed by atoms with Crippen molar-refractivity contribution in [3.05, 3.63) is 76.7 Å². The van der Waals surface area contributed by atoms with Crippen molar-refractivity contribution in [3.63, 3.8) is 0 Å². The summed E-state index contributed by atoms with van der Waals surface area (Å²) in [6, 6.07) is 14.2. The number of ether oxygens (including phenoxy) is 2. The molecular formula is C22H21N3O2. The number of hydrogen-bond acceptors (Lipinski definition) is 4. The Bertz CT molecular complexity index is 1100. The van der Waals surface area contributed by atoms with Crippen LogP contribution in [0.1, 0.15) is 29.3 Å². The number of anilines is 1. The molecule has 1 spiro atoms. The molecule has 0 saturated heterocycles. The monoisotopic (exact) mass is 359 g/mol. The predicted molar refractivity (Wildman–Crippen MR) is 105 cm³/mol. The normalized spacial score (nSPS) is 19.6. The van der Waals surface area contributed by atoms with Gasteiger partial charge in [-0.3, -0.25) is 0 Å².